The fourth-order valence-electron chi connectivity index (χ4n) is 4.71. The molecule has 0 aromatic rings. The van der Waals surface area contributed by atoms with Crippen molar-refractivity contribution in [1.29, 1.82) is 0 Å². The third-order valence-corrected chi connectivity index (χ3v) is 5.64. The first-order valence-electron chi connectivity index (χ1n) is 8.53. The first-order valence-corrected chi connectivity index (χ1v) is 8.53. The molecule has 0 radical (unpaired) electrons. The van der Waals surface area contributed by atoms with Crippen LogP contribution in [0.5, 0.6) is 0 Å². The lowest BCUT2D eigenvalue weighted by Crippen LogP contribution is -2.57. The Morgan fingerprint density at radius 2 is 2.00 bits per heavy atom. The first kappa shape index (κ1) is 15.8. The predicted molar refractivity (Wildman–Crippen MR) is 81.8 cm³/mol. The van der Waals surface area contributed by atoms with Gasteiger partial charge >= 0.3 is 5.97 Å². The van der Waals surface area contributed by atoms with E-state index in [2.05, 4.69) is 25.7 Å². The van der Waals surface area contributed by atoms with Gasteiger partial charge in [0.15, 0.2) is 0 Å². The van der Waals surface area contributed by atoms with E-state index in [0.29, 0.717) is 17.9 Å². The molecule has 2 fully saturated rings. The summed E-state index contributed by atoms with van der Waals surface area (Å²) in [5.41, 5.74) is -0.566. The number of carboxylic acids is 1. The maximum Gasteiger partial charge on any atom is 0.324 e. The molecule has 0 spiro atoms. The van der Waals surface area contributed by atoms with Crippen LogP contribution in [0.15, 0.2) is 0 Å². The van der Waals surface area contributed by atoms with Crippen LogP contribution in [0.1, 0.15) is 72.1 Å². The lowest BCUT2D eigenvalue weighted by molar-refractivity contribution is -0.153. The summed E-state index contributed by atoms with van der Waals surface area (Å²) in [6.45, 7) is 7.71. The Kier molecular flexibility index (Phi) is 5.11. The first-order chi connectivity index (χ1) is 9.53. The number of likely N-dealkylation sites (tertiary alicyclic amines) is 1. The van der Waals surface area contributed by atoms with Crippen molar-refractivity contribution in [3.8, 4) is 0 Å². The van der Waals surface area contributed by atoms with Gasteiger partial charge in [-0.1, -0.05) is 40.0 Å². The van der Waals surface area contributed by atoms with Crippen LogP contribution in [-0.2, 0) is 4.79 Å². The van der Waals surface area contributed by atoms with E-state index in [1.165, 1.54) is 25.7 Å². The second-order valence-corrected chi connectivity index (χ2v) is 7.14. The summed E-state index contributed by atoms with van der Waals surface area (Å²) >= 11 is 0. The summed E-state index contributed by atoms with van der Waals surface area (Å²) in [6, 6.07) is 0.494. The van der Waals surface area contributed by atoms with Gasteiger partial charge < -0.3 is 5.11 Å². The van der Waals surface area contributed by atoms with Crippen molar-refractivity contribution in [3.63, 3.8) is 0 Å². The molecule has 0 bridgehead atoms. The fraction of sp³-hybridized carbons (Fsp3) is 0.941. The molecule has 20 heavy (non-hydrogen) atoms. The summed E-state index contributed by atoms with van der Waals surface area (Å²) in [6.07, 6.45) is 8.73. The highest BCUT2D eigenvalue weighted by Gasteiger charge is 2.51. The van der Waals surface area contributed by atoms with Crippen LogP contribution in [0.4, 0.5) is 0 Å². The molecule has 0 amide bonds. The molecule has 3 nitrogen and oxygen atoms in total. The molecule has 1 saturated carbocycles. The maximum atomic E-state index is 12.0. The van der Waals surface area contributed by atoms with Crippen LogP contribution >= 0.6 is 0 Å². The van der Waals surface area contributed by atoms with E-state index in [9.17, 15) is 9.90 Å². The van der Waals surface area contributed by atoms with Crippen LogP contribution in [0, 0.1) is 11.8 Å². The van der Waals surface area contributed by atoms with Gasteiger partial charge in [-0.15, -0.1) is 0 Å². The lowest BCUT2D eigenvalue weighted by Gasteiger charge is -2.46. The molecule has 3 heteroatoms. The van der Waals surface area contributed by atoms with Crippen LogP contribution < -0.4 is 0 Å². The summed E-state index contributed by atoms with van der Waals surface area (Å²) in [5.74, 6) is 0.761. The van der Waals surface area contributed by atoms with Gasteiger partial charge in [-0.05, 0) is 50.5 Å². The van der Waals surface area contributed by atoms with E-state index in [0.717, 1.165) is 32.2 Å². The van der Waals surface area contributed by atoms with Crippen LogP contribution in [-0.4, -0.2) is 34.1 Å². The minimum absolute atomic E-state index is 0.494. The Balaban J connectivity index is 2.25. The van der Waals surface area contributed by atoms with E-state index >= 15 is 0 Å². The summed E-state index contributed by atoms with van der Waals surface area (Å²) in [7, 11) is 0. The molecular weight excluding hydrogens is 250 g/mol. The summed E-state index contributed by atoms with van der Waals surface area (Å²) in [5, 5.41) is 9.88. The van der Waals surface area contributed by atoms with Crippen molar-refractivity contribution in [2.45, 2.75) is 83.7 Å². The molecule has 1 aliphatic carbocycles. The molecule has 3 unspecified atom stereocenters. The highest BCUT2D eigenvalue weighted by atomic mass is 16.4. The minimum Gasteiger partial charge on any atom is -0.480 e. The van der Waals surface area contributed by atoms with E-state index < -0.39 is 11.5 Å². The van der Waals surface area contributed by atoms with E-state index in [-0.39, 0.29) is 0 Å². The molecule has 0 aromatic carbocycles. The molecule has 2 aliphatic rings. The Bertz CT molecular complexity index is 342. The standard InChI is InChI=1S/C17H31NO2/c1-4-10-17(16(19)20)11-7-12-18(17)15-9-6-5-8-14(15)13(2)3/h13-15H,4-12H2,1-3H3,(H,19,20). The quantitative estimate of drug-likeness (QED) is 0.830. The summed E-state index contributed by atoms with van der Waals surface area (Å²) < 4.78 is 0. The van der Waals surface area contributed by atoms with Crippen molar-refractivity contribution >= 4 is 5.97 Å². The second kappa shape index (κ2) is 6.46. The Morgan fingerprint density at radius 1 is 1.30 bits per heavy atom. The fourth-order valence-corrected chi connectivity index (χ4v) is 4.71. The SMILES string of the molecule is CCCC1(C(=O)O)CCCN1C1CCCCC1C(C)C. The van der Waals surface area contributed by atoms with Crippen molar-refractivity contribution in [2.24, 2.45) is 11.8 Å². The molecule has 1 heterocycles. The Labute approximate surface area is 123 Å². The van der Waals surface area contributed by atoms with Gasteiger partial charge in [0.2, 0.25) is 0 Å². The van der Waals surface area contributed by atoms with Crippen molar-refractivity contribution in [2.75, 3.05) is 6.54 Å². The number of carbonyl (C=O) groups is 1. The lowest BCUT2D eigenvalue weighted by atomic mass is 9.75. The largest absolute Gasteiger partial charge is 0.480 e. The van der Waals surface area contributed by atoms with Crippen molar-refractivity contribution < 1.29 is 9.90 Å². The molecule has 116 valence electrons. The van der Waals surface area contributed by atoms with Gasteiger partial charge in [-0.3, -0.25) is 9.69 Å². The maximum absolute atomic E-state index is 12.0. The second-order valence-electron chi connectivity index (χ2n) is 7.14. The minimum atomic E-state index is -0.579. The summed E-state index contributed by atoms with van der Waals surface area (Å²) in [4.78, 5) is 14.4. The Hall–Kier alpha value is -0.570. The zero-order valence-corrected chi connectivity index (χ0v) is 13.4. The smallest absolute Gasteiger partial charge is 0.324 e. The molecule has 0 aromatic heterocycles. The van der Waals surface area contributed by atoms with Gasteiger partial charge in [-0.25, -0.2) is 0 Å². The molecule has 3 atom stereocenters. The highest BCUT2D eigenvalue weighted by Crippen LogP contribution is 2.42. The normalized spacial score (nSPS) is 35.6. The van der Waals surface area contributed by atoms with Crippen molar-refractivity contribution in [3.05, 3.63) is 0 Å². The zero-order valence-electron chi connectivity index (χ0n) is 13.4. The molecule has 1 aliphatic heterocycles. The monoisotopic (exact) mass is 281 g/mol. The number of carboxylic acid groups (broad SMARTS) is 1. The predicted octanol–water partition coefficient (Wildman–Crippen LogP) is 3.92. The van der Waals surface area contributed by atoms with Gasteiger partial charge in [0.25, 0.3) is 0 Å². The number of nitrogens with zero attached hydrogens (tertiary/aromatic N) is 1. The van der Waals surface area contributed by atoms with Crippen LogP contribution in [0.25, 0.3) is 0 Å². The number of hydrogen-bond acceptors (Lipinski definition) is 2. The van der Waals surface area contributed by atoms with Gasteiger partial charge in [-0.2, -0.15) is 0 Å². The molecule has 1 N–H and O–H groups in total. The molecular formula is C17H31NO2. The Morgan fingerprint density at radius 3 is 2.60 bits per heavy atom. The third kappa shape index (κ3) is 2.74. The molecule has 2 rings (SSSR count). The number of rotatable bonds is 5. The van der Waals surface area contributed by atoms with E-state index in [4.69, 9.17) is 0 Å². The highest BCUT2D eigenvalue weighted by molar-refractivity contribution is 5.79. The zero-order chi connectivity index (χ0) is 14.8. The van der Waals surface area contributed by atoms with Gasteiger partial charge in [0.1, 0.15) is 5.54 Å². The van der Waals surface area contributed by atoms with Crippen LogP contribution in [0.2, 0.25) is 0 Å². The average Bonchev–Trinajstić information content (AvgIpc) is 2.84. The average molecular weight is 281 g/mol. The third-order valence-electron chi connectivity index (χ3n) is 5.64. The molecule has 1 saturated heterocycles. The number of hydrogen-bond donors (Lipinski definition) is 1. The van der Waals surface area contributed by atoms with Crippen molar-refractivity contribution in [1.82, 2.24) is 4.90 Å². The van der Waals surface area contributed by atoms with E-state index in [1.54, 1.807) is 0 Å². The van der Waals surface area contributed by atoms with Gasteiger partial charge in [0.05, 0.1) is 0 Å². The van der Waals surface area contributed by atoms with Gasteiger partial charge in [0, 0.05) is 6.04 Å². The van der Waals surface area contributed by atoms with Crippen LogP contribution in [0.3, 0.4) is 0 Å². The topological polar surface area (TPSA) is 40.5 Å². The van der Waals surface area contributed by atoms with E-state index in [1.807, 2.05) is 0 Å². The number of aliphatic carboxylic acids is 1.